The van der Waals surface area contributed by atoms with Crippen molar-refractivity contribution in [2.75, 3.05) is 0 Å². The number of nitrogens with zero attached hydrogens (tertiary/aromatic N) is 1. The Bertz CT molecular complexity index is 741. The van der Waals surface area contributed by atoms with Gasteiger partial charge in [-0.15, -0.1) is 0 Å². The van der Waals surface area contributed by atoms with Crippen molar-refractivity contribution in [3.63, 3.8) is 0 Å². The predicted molar refractivity (Wildman–Crippen MR) is 77.9 cm³/mol. The van der Waals surface area contributed by atoms with Crippen molar-refractivity contribution >= 4 is 17.6 Å². The highest BCUT2D eigenvalue weighted by Gasteiger charge is 2.14. The van der Waals surface area contributed by atoms with Crippen LogP contribution in [0, 0.1) is 0 Å². The van der Waals surface area contributed by atoms with Crippen molar-refractivity contribution in [1.29, 1.82) is 0 Å². The van der Waals surface area contributed by atoms with E-state index in [0.29, 0.717) is 5.56 Å². The van der Waals surface area contributed by atoms with Crippen LogP contribution >= 0.6 is 0 Å². The summed E-state index contributed by atoms with van der Waals surface area (Å²) in [5.41, 5.74) is 2.14. The van der Waals surface area contributed by atoms with Gasteiger partial charge >= 0.3 is 5.97 Å². The first-order valence-corrected chi connectivity index (χ1v) is 6.17. The van der Waals surface area contributed by atoms with Gasteiger partial charge in [0.15, 0.2) is 17.2 Å². The Morgan fingerprint density at radius 3 is 2.18 bits per heavy atom. The lowest BCUT2D eigenvalue weighted by atomic mass is 10.1. The Kier molecular flexibility index (Phi) is 4.38. The zero-order valence-electron chi connectivity index (χ0n) is 11.2. The molecule has 0 aliphatic rings. The number of benzene rings is 2. The van der Waals surface area contributed by atoms with Crippen LogP contribution in [-0.4, -0.2) is 32.9 Å². The molecule has 0 radical (unpaired) electrons. The molecule has 0 fully saturated rings. The first-order valence-electron chi connectivity index (χ1n) is 6.17. The average Bonchev–Trinajstić information content (AvgIpc) is 2.50. The Labute approximate surface area is 125 Å². The molecule has 4 N–H and O–H groups in total. The van der Waals surface area contributed by atoms with Gasteiger partial charge in [-0.2, -0.15) is 5.10 Å². The van der Waals surface area contributed by atoms with E-state index in [2.05, 4.69) is 10.5 Å². The highest BCUT2D eigenvalue weighted by molar-refractivity contribution is 6.42. The number of carboxylic acids is 1. The van der Waals surface area contributed by atoms with E-state index in [1.54, 1.807) is 30.3 Å². The van der Waals surface area contributed by atoms with E-state index in [0.717, 1.165) is 12.1 Å². The SMILES string of the molecule is O=C(O)/C(=N/NC(=O)c1ccc(O)c(O)c1)c1ccccc1. The number of hydrogen-bond donors (Lipinski definition) is 4. The average molecular weight is 300 g/mol. The van der Waals surface area contributed by atoms with Crippen molar-refractivity contribution in [2.24, 2.45) is 5.10 Å². The molecule has 0 aliphatic heterocycles. The number of carboxylic acid groups (broad SMARTS) is 1. The van der Waals surface area contributed by atoms with Crippen molar-refractivity contribution < 1.29 is 24.9 Å². The molecule has 0 aromatic heterocycles. The molecule has 7 heteroatoms. The van der Waals surface area contributed by atoms with Crippen LogP contribution in [0.4, 0.5) is 0 Å². The Morgan fingerprint density at radius 2 is 1.59 bits per heavy atom. The Hall–Kier alpha value is -3.35. The number of aromatic hydroxyl groups is 2. The van der Waals surface area contributed by atoms with Gasteiger partial charge in [0.25, 0.3) is 5.91 Å². The molecular formula is C15H12N2O5. The zero-order chi connectivity index (χ0) is 16.1. The first kappa shape index (κ1) is 15.0. The maximum absolute atomic E-state index is 11.9. The zero-order valence-corrected chi connectivity index (χ0v) is 11.2. The van der Waals surface area contributed by atoms with Crippen LogP contribution < -0.4 is 5.43 Å². The largest absolute Gasteiger partial charge is 0.504 e. The van der Waals surface area contributed by atoms with Gasteiger partial charge in [-0.1, -0.05) is 30.3 Å². The number of rotatable bonds is 4. The molecule has 112 valence electrons. The minimum absolute atomic E-state index is 0.0249. The summed E-state index contributed by atoms with van der Waals surface area (Å²) in [6.45, 7) is 0. The second kappa shape index (κ2) is 6.40. The number of hydrazone groups is 1. The maximum atomic E-state index is 11.9. The van der Waals surface area contributed by atoms with Crippen molar-refractivity contribution in [3.05, 3.63) is 59.7 Å². The minimum Gasteiger partial charge on any atom is -0.504 e. The van der Waals surface area contributed by atoms with Gasteiger partial charge < -0.3 is 15.3 Å². The van der Waals surface area contributed by atoms with Crippen molar-refractivity contribution in [3.8, 4) is 11.5 Å². The fraction of sp³-hybridized carbons (Fsp3) is 0. The topological polar surface area (TPSA) is 119 Å². The molecule has 0 atom stereocenters. The highest BCUT2D eigenvalue weighted by atomic mass is 16.4. The Balaban J connectivity index is 2.22. The van der Waals surface area contributed by atoms with Crippen LogP contribution in [0.5, 0.6) is 11.5 Å². The van der Waals surface area contributed by atoms with Gasteiger partial charge in [-0.05, 0) is 18.2 Å². The molecule has 22 heavy (non-hydrogen) atoms. The fourth-order valence-electron chi connectivity index (χ4n) is 1.67. The molecule has 2 rings (SSSR count). The summed E-state index contributed by atoms with van der Waals surface area (Å²) in [6.07, 6.45) is 0. The van der Waals surface area contributed by atoms with E-state index in [-0.39, 0.29) is 17.0 Å². The van der Waals surface area contributed by atoms with E-state index >= 15 is 0 Å². The minimum atomic E-state index is -1.29. The number of phenols is 2. The van der Waals surface area contributed by atoms with Crippen LogP contribution in [0.15, 0.2) is 53.6 Å². The van der Waals surface area contributed by atoms with Crippen LogP contribution in [-0.2, 0) is 4.79 Å². The molecule has 0 spiro atoms. The van der Waals surface area contributed by atoms with Gasteiger partial charge in [-0.3, -0.25) is 4.79 Å². The third-order valence-corrected chi connectivity index (χ3v) is 2.76. The number of carbonyl (C=O) groups is 2. The predicted octanol–water partition coefficient (Wildman–Crippen LogP) is 1.32. The number of phenolic OH excluding ortho intramolecular Hbond substituents is 2. The Morgan fingerprint density at radius 1 is 0.909 bits per heavy atom. The molecule has 2 aromatic rings. The number of carbonyl (C=O) groups excluding carboxylic acids is 1. The fourth-order valence-corrected chi connectivity index (χ4v) is 1.67. The van der Waals surface area contributed by atoms with E-state index < -0.39 is 17.6 Å². The summed E-state index contributed by atoms with van der Waals surface area (Å²) >= 11 is 0. The van der Waals surface area contributed by atoms with Crippen LogP contribution in [0.25, 0.3) is 0 Å². The molecule has 0 saturated heterocycles. The molecule has 0 bridgehead atoms. The summed E-state index contributed by atoms with van der Waals surface area (Å²) in [6, 6.07) is 11.6. The number of nitrogens with one attached hydrogen (secondary N) is 1. The monoisotopic (exact) mass is 300 g/mol. The van der Waals surface area contributed by atoms with Crippen LogP contribution in [0.3, 0.4) is 0 Å². The second-order valence-electron chi connectivity index (χ2n) is 4.28. The summed E-state index contributed by atoms with van der Waals surface area (Å²) in [7, 11) is 0. The summed E-state index contributed by atoms with van der Waals surface area (Å²) in [5.74, 6) is -2.83. The molecule has 0 heterocycles. The lowest BCUT2D eigenvalue weighted by Gasteiger charge is -2.04. The highest BCUT2D eigenvalue weighted by Crippen LogP contribution is 2.24. The molecule has 1 amide bonds. The standard InChI is InChI=1S/C15H12N2O5/c18-11-7-6-10(8-12(11)19)14(20)17-16-13(15(21)22)9-4-2-1-3-5-9/h1-8,18-19H,(H,17,20)(H,21,22)/b16-13+. The summed E-state index contributed by atoms with van der Waals surface area (Å²) in [5, 5.41) is 31.2. The number of amides is 1. The van der Waals surface area contributed by atoms with E-state index in [9.17, 15) is 19.8 Å². The van der Waals surface area contributed by atoms with Gasteiger partial charge in [-0.25, -0.2) is 10.2 Å². The van der Waals surface area contributed by atoms with Gasteiger partial charge in [0, 0.05) is 11.1 Å². The first-order chi connectivity index (χ1) is 10.5. The molecular weight excluding hydrogens is 288 g/mol. The number of hydrogen-bond acceptors (Lipinski definition) is 5. The third-order valence-electron chi connectivity index (χ3n) is 2.76. The quantitative estimate of drug-likeness (QED) is 0.385. The van der Waals surface area contributed by atoms with Gasteiger partial charge in [0.2, 0.25) is 0 Å². The molecule has 0 aliphatic carbocycles. The van der Waals surface area contributed by atoms with E-state index in [1.165, 1.54) is 6.07 Å². The normalized spacial score (nSPS) is 11.0. The maximum Gasteiger partial charge on any atom is 0.356 e. The lowest BCUT2D eigenvalue weighted by molar-refractivity contribution is -0.129. The van der Waals surface area contributed by atoms with Crippen LogP contribution in [0.2, 0.25) is 0 Å². The lowest BCUT2D eigenvalue weighted by Crippen LogP contribution is -2.24. The molecule has 7 nitrogen and oxygen atoms in total. The molecule has 2 aromatic carbocycles. The van der Waals surface area contributed by atoms with Crippen molar-refractivity contribution in [2.45, 2.75) is 0 Å². The third kappa shape index (κ3) is 3.40. The summed E-state index contributed by atoms with van der Waals surface area (Å²) < 4.78 is 0. The summed E-state index contributed by atoms with van der Waals surface area (Å²) in [4.78, 5) is 23.1. The number of aliphatic carboxylic acids is 1. The van der Waals surface area contributed by atoms with Gasteiger partial charge in [0.1, 0.15) is 0 Å². The van der Waals surface area contributed by atoms with E-state index in [1.807, 2.05) is 0 Å². The molecule has 0 saturated carbocycles. The van der Waals surface area contributed by atoms with E-state index in [4.69, 9.17) is 5.11 Å². The second-order valence-corrected chi connectivity index (χ2v) is 4.28. The van der Waals surface area contributed by atoms with Crippen LogP contribution in [0.1, 0.15) is 15.9 Å². The smallest absolute Gasteiger partial charge is 0.356 e. The molecule has 0 unspecified atom stereocenters. The van der Waals surface area contributed by atoms with Gasteiger partial charge in [0.05, 0.1) is 0 Å². The van der Waals surface area contributed by atoms with Crippen molar-refractivity contribution in [1.82, 2.24) is 5.43 Å².